The second kappa shape index (κ2) is 11.0. The Morgan fingerprint density at radius 2 is 1.78 bits per heavy atom. The number of aromatic nitrogens is 1. The number of alkyl halides is 6. The molecule has 6 nitrogen and oxygen atoms in total. The molecule has 2 amide bonds. The molecule has 0 saturated carbocycles. The van der Waals surface area contributed by atoms with Gasteiger partial charge in [0.2, 0.25) is 0 Å². The highest BCUT2D eigenvalue weighted by molar-refractivity contribution is 5.91. The average molecular weight is 581 g/mol. The van der Waals surface area contributed by atoms with Gasteiger partial charge in [0.05, 0.1) is 29.8 Å². The summed E-state index contributed by atoms with van der Waals surface area (Å²) in [5, 5.41) is 5.85. The van der Waals surface area contributed by atoms with E-state index in [2.05, 4.69) is 27.4 Å². The number of benzene rings is 2. The Hall–Kier alpha value is -3.54. The van der Waals surface area contributed by atoms with E-state index < -0.39 is 41.2 Å². The van der Waals surface area contributed by atoms with Gasteiger partial charge in [-0.3, -0.25) is 9.88 Å². The molecule has 0 radical (unpaired) electrons. The van der Waals surface area contributed by atoms with E-state index in [0.717, 1.165) is 43.3 Å². The highest BCUT2D eigenvalue weighted by Crippen LogP contribution is 2.43. The number of fused-ring (bicyclic) bond motifs is 4. The summed E-state index contributed by atoms with van der Waals surface area (Å²) in [7, 11) is 1.53. The van der Waals surface area contributed by atoms with Crippen LogP contribution in [0.25, 0.3) is 10.9 Å². The van der Waals surface area contributed by atoms with E-state index in [-0.39, 0.29) is 12.1 Å². The van der Waals surface area contributed by atoms with E-state index in [1.165, 1.54) is 7.11 Å². The third-order valence-corrected chi connectivity index (χ3v) is 8.29. The number of ether oxygens (including phenoxy) is 1. The number of methoxy groups -OCH3 is 1. The van der Waals surface area contributed by atoms with Gasteiger partial charge in [-0.2, -0.15) is 26.3 Å². The maximum absolute atomic E-state index is 13.4. The minimum absolute atomic E-state index is 0.0264. The van der Waals surface area contributed by atoms with Crippen molar-refractivity contribution in [3.63, 3.8) is 0 Å². The Morgan fingerprint density at radius 3 is 2.37 bits per heavy atom. The molecule has 220 valence electrons. The van der Waals surface area contributed by atoms with Gasteiger partial charge in [0.25, 0.3) is 0 Å². The van der Waals surface area contributed by atoms with Crippen LogP contribution >= 0.6 is 0 Å². The van der Waals surface area contributed by atoms with Crippen molar-refractivity contribution in [2.75, 3.05) is 25.5 Å². The quantitative estimate of drug-likeness (QED) is 0.301. The van der Waals surface area contributed by atoms with Crippen LogP contribution < -0.4 is 15.4 Å². The van der Waals surface area contributed by atoms with Crippen molar-refractivity contribution in [3.8, 4) is 5.75 Å². The fourth-order valence-corrected chi connectivity index (χ4v) is 6.25. The average Bonchev–Trinajstić information content (AvgIpc) is 2.94. The first-order valence-electron chi connectivity index (χ1n) is 13.4. The molecule has 3 fully saturated rings. The summed E-state index contributed by atoms with van der Waals surface area (Å²) < 4.78 is 85.7. The van der Waals surface area contributed by atoms with E-state index in [0.29, 0.717) is 35.2 Å². The Kier molecular flexibility index (Phi) is 7.80. The lowest BCUT2D eigenvalue weighted by Crippen LogP contribution is -2.58. The number of urea groups is 1. The van der Waals surface area contributed by atoms with Crippen molar-refractivity contribution < 1.29 is 35.9 Å². The van der Waals surface area contributed by atoms with Crippen LogP contribution in [0.1, 0.15) is 48.9 Å². The minimum atomic E-state index is -5.03. The fraction of sp³-hybridized carbons (Fsp3) is 0.448. The summed E-state index contributed by atoms with van der Waals surface area (Å²) >= 11 is 0. The summed E-state index contributed by atoms with van der Waals surface area (Å²) in [5.74, 6) is 1.55. The first kappa shape index (κ1) is 29.0. The lowest BCUT2D eigenvalue weighted by atomic mass is 9.72. The number of nitrogens with zero attached hydrogens (tertiary/aromatic N) is 2. The van der Waals surface area contributed by atoms with Gasteiger partial charge in [-0.15, -0.1) is 0 Å². The molecule has 4 heterocycles. The highest BCUT2D eigenvalue weighted by atomic mass is 19.4. The van der Waals surface area contributed by atoms with E-state index in [4.69, 9.17) is 4.74 Å². The van der Waals surface area contributed by atoms with Crippen molar-refractivity contribution >= 4 is 22.6 Å². The van der Waals surface area contributed by atoms with Gasteiger partial charge in [-0.1, -0.05) is 13.3 Å². The Balaban J connectivity index is 1.51. The lowest BCUT2D eigenvalue weighted by Gasteiger charge is -2.52. The smallest absolute Gasteiger partial charge is 0.416 e. The van der Waals surface area contributed by atoms with E-state index >= 15 is 0 Å². The molecular formula is C29H30F6N4O2. The first-order valence-corrected chi connectivity index (χ1v) is 13.4. The molecule has 3 aromatic rings. The number of hydrogen-bond donors (Lipinski definition) is 2. The van der Waals surface area contributed by atoms with Crippen molar-refractivity contribution in [2.24, 2.45) is 11.8 Å². The van der Waals surface area contributed by atoms with Crippen molar-refractivity contribution in [1.82, 2.24) is 15.2 Å². The predicted molar refractivity (Wildman–Crippen MR) is 142 cm³/mol. The van der Waals surface area contributed by atoms with Crippen molar-refractivity contribution in [2.45, 2.75) is 50.6 Å². The second-order valence-electron chi connectivity index (χ2n) is 10.7. The number of hydrogen-bond acceptors (Lipinski definition) is 4. The number of anilines is 1. The topological polar surface area (TPSA) is 66.5 Å². The zero-order chi connectivity index (χ0) is 29.5. The maximum Gasteiger partial charge on any atom is 0.416 e. The van der Waals surface area contributed by atoms with Crippen LogP contribution in [-0.4, -0.2) is 42.2 Å². The number of piperidine rings is 3. The molecule has 2 bridgehead atoms. The maximum atomic E-state index is 13.4. The molecule has 2 aromatic carbocycles. The molecule has 3 aliphatic heterocycles. The standard InChI is InChI=1S/C29H30F6N4O2/c1-3-16-15-39-9-7-17(16)10-25(39)26(22-6-8-36-24-5-4-21(41-2)14-23(22)24)38-27(40)37-20-12-18(28(30,31)32)11-19(13-20)29(33,34)35/h4-6,8,11-14,16-17,25-26H,3,7,9-10,15H2,1-2H3,(H2,37,38,40)/t16-,17+,25+,26+/m1/s1. The van der Waals surface area contributed by atoms with Crippen LogP contribution in [0, 0.1) is 11.8 Å². The third-order valence-electron chi connectivity index (χ3n) is 8.29. The number of carbonyl (C=O) groups is 1. The van der Waals surface area contributed by atoms with Crippen LogP contribution in [0.4, 0.5) is 36.8 Å². The first-order chi connectivity index (χ1) is 19.4. The normalized spacial score (nSPS) is 23.3. The van der Waals surface area contributed by atoms with Crippen LogP contribution in [0.5, 0.6) is 5.75 Å². The van der Waals surface area contributed by atoms with Crippen LogP contribution in [0.3, 0.4) is 0 Å². The van der Waals surface area contributed by atoms with Gasteiger partial charge >= 0.3 is 18.4 Å². The van der Waals surface area contributed by atoms with Gasteiger partial charge < -0.3 is 15.4 Å². The number of halogens is 6. The fourth-order valence-electron chi connectivity index (χ4n) is 6.25. The summed E-state index contributed by atoms with van der Waals surface area (Å²) in [5.41, 5.74) is -2.23. The SMILES string of the molecule is CC[C@@H]1CN2CC[C@H]1C[C@H]2[C@@H](NC(=O)Nc1cc(C(F)(F)F)cc(C(F)(F)F)c1)c1ccnc2ccc(OC)cc12. The third kappa shape index (κ3) is 6.07. The van der Waals surface area contributed by atoms with Gasteiger partial charge in [0, 0.05) is 29.9 Å². The molecule has 0 spiro atoms. The van der Waals surface area contributed by atoms with Crippen LogP contribution in [0.15, 0.2) is 48.7 Å². The number of nitrogens with one attached hydrogen (secondary N) is 2. The molecule has 41 heavy (non-hydrogen) atoms. The highest BCUT2D eigenvalue weighted by Gasteiger charge is 2.44. The number of amides is 2. The Labute approximate surface area is 233 Å². The molecule has 3 saturated heterocycles. The Bertz CT molecular complexity index is 1390. The van der Waals surface area contributed by atoms with Crippen molar-refractivity contribution in [1.29, 1.82) is 0 Å². The van der Waals surface area contributed by atoms with Crippen molar-refractivity contribution in [3.05, 3.63) is 65.4 Å². The molecule has 5 atom stereocenters. The predicted octanol–water partition coefficient (Wildman–Crippen LogP) is 7.26. The Morgan fingerprint density at radius 1 is 1.07 bits per heavy atom. The molecule has 0 aliphatic carbocycles. The summed E-state index contributed by atoms with van der Waals surface area (Å²) in [4.78, 5) is 20.0. The van der Waals surface area contributed by atoms with Crippen LogP contribution in [-0.2, 0) is 12.4 Å². The lowest BCUT2D eigenvalue weighted by molar-refractivity contribution is -0.143. The molecule has 1 unspecified atom stereocenters. The van der Waals surface area contributed by atoms with E-state index in [1.54, 1.807) is 30.5 Å². The molecule has 1 aromatic heterocycles. The minimum Gasteiger partial charge on any atom is -0.497 e. The zero-order valence-corrected chi connectivity index (χ0v) is 22.4. The zero-order valence-electron chi connectivity index (χ0n) is 22.4. The number of pyridine rings is 1. The largest absolute Gasteiger partial charge is 0.497 e. The van der Waals surface area contributed by atoms with Crippen LogP contribution in [0.2, 0.25) is 0 Å². The monoisotopic (exact) mass is 580 g/mol. The number of rotatable bonds is 6. The molecule has 6 rings (SSSR count). The van der Waals surface area contributed by atoms with Gasteiger partial charge in [-0.05, 0) is 79.3 Å². The number of carbonyl (C=O) groups excluding carboxylic acids is 1. The second-order valence-corrected chi connectivity index (χ2v) is 10.7. The van der Waals surface area contributed by atoms with Gasteiger partial charge in [0.1, 0.15) is 5.75 Å². The summed E-state index contributed by atoms with van der Waals surface area (Å²) in [6.45, 7) is 3.83. The molecule has 2 N–H and O–H groups in total. The van der Waals surface area contributed by atoms with Gasteiger partial charge in [0.15, 0.2) is 0 Å². The molecule has 3 aliphatic rings. The van der Waals surface area contributed by atoms with Gasteiger partial charge in [-0.25, -0.2) is 4.79 Å². The summed E-state index contributed by atoms with van der Waals surface area (Å²) in [6.07, 6.45) is -5.60. The summed E-state index contributed by atoms with van der Waals surface area (Å²) in [6, 6.07) is 6.48. The van der Waals surface area contributed by atoms with E-state index in [9.17, 15) is 31.1 Å². The molecular weight excluding hydrogens is 550 g/mol. The van der Waals surface area contributed by atoms with E-state index in [1.807, 2.05) is 0 Å². The molecule has 12 heteroatoms.